The lowest BCUT2D eigenvalue weighted by molar-refractivity contribution is -0.148. The van der Waals surface area contributed by atoms with E-state index in [4.69, 9.17) is 13.9 Å². The first-order chi connectivity index (χ1) is 10.5. The summed E-state index contributed by atoms with van der Waals surface area (Å²) in [7, 11) is 1.50. The highest BCUT2D eigenvalue weighted by Gasteiger charge is 2.14. The van der Waals surface area contributed by atoms with Gasteiger partial charge in [-0.2, -0.15) is 0 Å². The molecular weight excluding hydrogens is 296 g/mol. The largest absolute Gasteiger partial charge is 0.496 e. The number of hydrogen-bond donors (Lipinski definition) is 0. The maximum atomic E-state index is 11.8. The minimum Gasteiger partial charge on any atom is -0.496 e. The first-order valence-electron chi connectivity index (χ1n) is 7.32. The number of allylic oxidation sites excluding steroid dienone is 3. The summed E-state index contributed by atoms with van der Waals surface area (Å²) in [6.45, 7) is 10.6. The number of carbonyl (C=O) groups excluding carboxylic acids is 1. The number of ether oxygens (including phenoxy) is 2. The molecule has 0 radical (unpaired) electrons. The third-order valence-electron chi connectivity index (χ3n) is 2.95. The Balaban J connectivity index is 3.07. The van der Waals surface area contributed by atoms with Crippen molar-refractivity contribution in [2.45, 2.75) is 47.1 Å². The fourth-order valence-corrected chi connectivity index (χ4v) is 1.91. The van der Waals surface area contributed by atoms with Crippen molar-refractivity contribution in [3.05, 3.63) is 45.5 Å². The van der Waals surface area contributed by atoms with Crippen molar-refractivity contribution in [3.63, 3.8) is 0 Å². The lowest BCUT2D eigenvalue weighted by atomic mass is 10.1. The Labute approximate surface area is 136 Å². The van der Waals surface area contributed by atoms with Crippen molar-refractivity contribution < 1.29 is 18.7 Å². The number of rotatable bonds is 4. The summed E-state index contributed by atoms with van der Waals surface area (Å²) >= 11 is 0. The van der Waals surface area contributed by atoms with Gasteiger partial charge in [-0.1, -0.05) is 6.08 Å². The predicted octanol–water partition coefficient (Wildman–Crippen LogP) is 3.65. The molecule has 0 aliphatic heterocycles. The quantitative estimate of drug-likeness (QED) is 0.481. The van der Waals surface area contributed by atoms with E-state index in [0.29, 0.717) is 28.2 Å². The second kappa shape index (κ2) is 7.31. The lowest BCUT2D eigenvalue weighted by Gasteiger charge is -2.18. The van der Waals surface area contributed by atoms with E-state index in [1.54, 1.807) is 32.9 Å². The molecule has 0 aliphatic rings. The average molecular weight is 320 g/mol. The molecule has 5 heteroatoms. The fraction of sp³-hybridized carbons (Fsp3) is 0.444. The SMILES string of the molecule is COc1cc(/C(C)=C/C(C)=C/C(=O)OC(C)(C)C)oc(=O)c1C. The summed E-state index contributed by atoms with van der Waals surface area (Å²) in [4.78, 5) is 23.5. The van der Waals surface area contributed by atoms with Crippen molar-refractivity contribution in [1.29, 1.82) is 0 Å². The van der Waals surface area contributed by atoms with Gasteiger partial charge in [-0.3, -0.25) is 0 Å². The summed E-state index contributed by atoms with van der Waals surface area (Å²) < 4.78 is 15.6. The van der Waals surface area contributed by atoms with E-state index < -0.39 is 17.2 Å². The van der Waals surface area contributed by atoms with Crippen LogP contribution in [0, 0.1) is 6.92 Å². The Kier molecular flexibility index (Phi) is 5.96. The zero-order chi connectivity index (χ0) is 17.8. The molecule has 0 N–H and O–H groups in total. The van der Waals surface area contributed by atoms with Crippen LogP contribution < -0.4 is 10.4 Å². The fourth-order valence-electron chi connectivity index (χ4n) is 1.91. The Morgan fingerprint density at radius 3 is 2.35 bits per heavy atom. The molecular formula is C18H24O5. The summed E-state index contributed by atoms with van der Waals surface area (Å²) in [5, 5.41) is 0. The highest BCUT2D eigenvalue weighted by molar-refractivity contribution is 5.84. The van der Waals surface area contributed by atoms with Gasteiger partial charge in [-0.05, 0) is 52.7 Å². The first kappa shape index (κ1) is 18.7. The summed E-state index contributed by atoms with van der Waals surface area (Å²) in [5.41, 5.74) is 0.839. The smallest absolute Gasteiger partial charge is 0.342 e. The maximum absolute atomic E-state index is 11.8. The van der Waals surface area contributed by atoms with Crippen LogP contribution in [-0.2, 0) is 9.53 Å². The maximum Gasteiger partial charge on any atom is 0.342 e. The number of esters is 1. The van der Waals surface area contributed by atoms with E-state index in [1.807, 2.05) is 20.8 Å². The molecule has 5 nitrogen and oxygen atoms in total. The molecule has 126 valence electrons. The molecule has 1 aromatic heterocycles. The number of carbonyl (C=O) groups is 1. The molecule has 0 spiro atoms. The van der Waals surface area contributed by atoms with E-state index in [9.17, 15) is 9.59 Å². The van der Waals surface area contributed by atoms with Crippen molar-refractivity contribution in [3.8, 4) is 5.75 Å². The van der Waals surface area contributed by atoms with E-state index >= 15 is 0 Å². The van der Waals surface area contributed by atoms with Crippen molar-refractivity contribution >= 4 is 11.5 Å². The van der Waals surface area contributed by atoms with Crippen molar-refractivity contribution in [2.75, 3.05) is 7.11 Å². The van der Waals surface area contributed by atoms with Gasteiger partial charge in [-0.25, -0.2) is 9.59 Å². The zero-order valence-corrected chi connectivity index (χ0v) is 14.8. The third-order valence-corrected chi connectivity index (χ3v) is 2.95. The molecule has 1 rings (SSSR count). The molecule has 0 fully saturated rings. The Bertz CT molecular complexity index is 699. The second-order valence-corrected chi connectivity index (χ2v) is 6.34. The van der Waals surface area contributed by atoms with Crippen LogP contribution in [0.2, 0.25) is 0 Å². The van der Waals surface area contributed by atoms with Gasteiger partial charge in [0.25, 0.3) is 0 Å². The molecule has 0 unspecified atom stereocenters. The summed E-state index contributed by atoms with van der Waals surface area (Å²) in [5.74, 6) is 0.453. The molecule has 1 aromatic rings. The molecule has 0 atom stereocenters. The monoisotopic (exact) mass is 320 g/mol. The number of hydrogen-bond acceptors (Lipinski definition) is 5. The summed E-state index contributed by atoms with van der Waals surface area (Å²) in [6, 6.07) is 1.66. The van der Waals surface area contributed by atoms with Crippen LogP contribution in [0.1, 0.15) is 45.9 Å². The molecule has 0 saturated heterocycles. The van der Waals surface area contributed by atoms with Crippen molar-refractivity contribution in [1.82, 2.24) is 0 Å². The molecule has 0 aromatic carbocycles. The van der Waals surface area contributed by atoms with Gasteiger partial charge in [0.05, 0.1) is 12.7 Å². The minimum atomic E-state index is -0.538. The molecule has 0 saturated carbocycles. The molecule has 1 heterocycles. The van der Waals surface area contributed by atoms with Crippen LogP contribution in [0.15, 0.2) is 33.0 Å². The molecule has 0 bridgehead atoms. The van der Waals surface area contributed by atoms with Crippen LogP contribution in [-0.4, -0.2) is 18.7 Å². The standard InChI is InChI=1S/C18H24O5/c1-11(9-16(19)23-18(4,5)6)8-12(2)14-10-15(21-7)13(3)17(20)22-14/h8-10H,1-7H3/b11-9+,12-8+. The van der Waals surface area contributed by atoms with Gasteiger partial charge in [0.15, 0.2) is 0 Å². The van der Waals surface area contributed by atoms with Gasteiger partial charge in [0, 0.05) is 12.1 Å². The summed E-state index contributed by atoms with van der Waals surface area (Å²) in [6.07, 6.45) is 3.15. The van der Waals surface area contributed by atoms with Crippen LogP contribution >= 0.6 is 0 Å². The Hall–Kier alpha value is -2.30. The lowest BCUT2D eigenvalue weighted by Crippen LogP contribution is -2.22. The predicted molar refractivity (Wildman–Crippen MR) is 89.5 cm³/mol. The van der Waals surface area contributed by atoms with Crippen molar-refractivity contribution in [2.24, 2.45) is 0 Å². The van der Waals surface area contributed by atoms with Gasteiger partial charge >= 0.3 is 11.6 Å². The normalized spacial score (nSPS) is 13.0. The second-order valence-electron chi connectivity index (χ2n) is 6.34. The minimum absolute atomic E-state index is 0.398. The Morgan fingerprint density at radius 2 is 1.83 bits per heavy atom. The highest BCUT2D eigenvalue weighted by Crippen LogP contribution is 2.22. The average Bonchev–Trinajstić information content (AvgIpc) is 2.38. The zero-order valence-electron chi connectivity index (χ0n) is 14.8. The van der Waals surface area contributed by atoms with Gasteiger partial charge in [0.2, 0.25) is 0 Å². The van der Waals surface area contributed by atoms with E-state index in [-0.39, 0.29) is 0 Å². The highest BCUT2D eigenvalue weighted by atomic mass is 16.6. The first-order valence-corrected chi connectivity index (χ1v) is 7.32. The number of methoxy groups -OCH3 is 1. The van der Waals surface area contributed by atoms with Gasteiger partial charge < -0.3 is 13.9 Å². The van der Waals surface area contributed by atoms with Crippen LogP contribution in [0.5, 0.6) is 5.75 Å². The van der Waals surface area contributed by atoms with Crippen LogP contribution in [0.3, 0.4) is 0 Å². The van der Waals surface area contributed by atoms with Crippen LogP contribution in [0.25, 0.3) is 5.57 Å². The van der Waals surface area contributed by atoms with E-state index in [2.05, 4.69) is 0 Å². The Morgan fingerprint density at radius 1 is 1.22 bits per heavy atom. The third kappa shape index (κ3) is 5.77. The van der Waals surface area contributed by atoms with E-state index in [1.165, 1.54) is 13.2 Å². The van der Waals surface area contributed by atoms with Gasteiger partial charge in [0.1, 0.15) is 17.1 Å². The van der Waals surface area contributed by atoms with Crippen LogP contribution in [0.4, 0.5) is 0 Å². The van der Waals surface area contributed by atoms with E-state index in [0.717, 1.165) is 0 Å². The molecule has 0 amide bonds. The van der Waals surface area contributed by atoms with Gasteiger partial charge in [-0.15, -0.1) is 0 Å². The molecule has 0 aliphatic carbocycles. The topological polar surface area (TPSA) is 65.7 Å². The molecule has 23 heavy (non-hydrogen) atoms.